The standard InChI is InChI=1S/C25H28Cl3NOSi/c1-3-4-7-19-10-13-21(14-11-19)29-22-8-5-6-9-24(22)30-25-17-20(12-15-23(25)29)16-18(2)31(26,27)28/h5-6,8-10,12-13,15,17-18H,3-4,7,11,14,16H2,1-2H3. The zero-order chi connectivity index (χ0) is 22.0. The topological polar surface area (TPSA) is 12.5 Å². The Bertz CT molecular complexity index is 1010. The maximum absolute atomic E-state index is 6.31. The molecule has 1 atom stereocenters. The van der Waals surface area contributed by atoms with Gasteiger partial charge in [0.1, 0.15) is 0 Å². The van der Waals surface area contributed by atoms with E-state index < -0.39 is 6.00 Å². The van der Waals surface area contributed by atoms with Crippen LogP contribution in [0.2, 0.25) is 5.54 Å². The van der Waals surface area contributed by atoms with E-state index >= 15 is 0 Å². The number of rotatable bonds is 7. The molecular formula is C25H28Cl3NOSi. The highest BCUT2D eigenvalue weighted by Crippen LogP contribution is 2.50. The lowest BCUT2D eigenvalue weighted by Gasteiger charge is -2.35. The summed E-state index contributed by atoms with van der Waals surface area (Å²) in [6.07, 6.45) is 11.2. The summed E-state index contributed by atoms with van der Waals surface area (Å²) in [6, 6.07) is 11.9. The second-order valence-electron chi connectivity index (χ2n) is 8.44. The minimum atomic E-state index is -2.74. The smallest absolute Gasteiger partial charge is 0.344 e. The summed E-state index contributed by atoms with van der Waals surface area (Å²) < 4.78 is 6.31. The molecule has 1 heterocycles. The lowest BCUT2D eigenvalue weighted by molar-refractivity contribution is 0.474. The summed E-state index contributed by atoms with van der Waals surface area (Å²) in [4.78, 5) is 2.35. The normalized spacial score (nSPS) is 16.6. The molecule has 0 N–H and O–H groups in total. The van der Waals surface area contributed by atoms with Gasteiger partial charge in [0.25, 0.3) is 0 Å². The van der Waals surface area contributed by atoms with Crippen LogP contribution in [0.25, 0.3) is 0 Å². The quantitative estimate of drug-likeness (QED) is 0.282. The molecule has 1 aliphatic heterocycles. The van der Waals surface area contributed by atoms with E-state index in [4.69, 9.17) is 38.0 Å². The average molecular weight is 493 g/mol. The van der Waals surface area contributed by atoms with Gasteiger partial charge in [-0.05, 0) is 73.6 Å². The van der Waals surface area contributed by atoms with Crippen molar-refractivity contribution in [1.29, 1.82) is 0 Å². The second kappa shape index (κ2) is 9.62. The third-order valence-corrected chi connectivity index (χ3v) is 10.7. The van der Waals surface area contributed by atoms with Gasteiger partial charge in [0, 0.05) is 5.70 Å². The predicted octanol–water partition coefficient (Wildman–Crippen LogP) is 9.31. The fourth-order valence-corrected chi connectivity index (χ4v) is 5.34. The van der Waals surface area contributed by atoms with E-state index in [0.717, 1.165) is 47.7 Å². The van der Waals surface area contributed by atoms with Crippen molar-refractivity contribution >= 4 is 50.6 Å². The Balaban J connectivity index is 1.68. The number of para-hydroxylation sites is 2. The molecular weight excluding hydrogens is 465 g/mol. The fourth-order valence-electron chi connectivity index (χ4n) is 4.17. The van der Waals surface area contributed by atoms with Crippen LogP contribution < -0.4 is 9.64 Å². The molecule has 0 saturated heterocycles. The largest absolute Gasteiger partial charge is 0.453 e. The van der Waals surface area contributed by atoms with Crippen LogP contribution in [0.3, 0.4) is 0 Å². The van der Waals surface area contributed by atoms with E-state index in [2.05, 4.69) is 54.3 Å². The highest BCUT2D eigenvalue weighted by atomic mass is 35.8. The molecule has 6 heteroatoms. The van der Waals surface area contributed by atoms with Crippen LogP contribution in [0.15, 0.2) is 65.9 Å². The van der Waals surface area contributed by atoms with Gasteiger partial charge in [-0.1, -0.05) is 50.1 Å². The third kappa shape index (κ3) is 5.17. The maximum Gasteiger partial charge on any atom is 0.344 e. The number of hydrogen-bond acceptors (Lipinski definition) is 2. The monoisotopic (exact) mass is 491 g/mol. The summed E-state index contributed by atoms with van der Waals surface area (Å²) in [5.74, 6) is 1.73. The van der Waals surface area contributed by atoms with Crippen molar-refractivity contribution in [3.63, 3.8) is 0 Å². The number of fused-ring (bicyclic) bond motifs is 2. The van der Waals surface area contributed by atoms with E-state index in [1.54, 1.807) is 5.57 Å². The Labute approximate surface area is 200 Å². The Morgan fingerprint density at radius 1 is 1.00 bits per heavy atom. The Morgan fingerprint density at radius 2 is 1.77 bits per heavy atom. The van der Waals surface area contributed by atoms with E-state index in [1.165, 1.54) is 25.0 Å². The molecule has 0 fully saturated rings. The minimum Gasteiger partial charge on any atom is -0.453 e. The highest BCUT2D eigenvalue weighted by Gasteiger charge is 2.34. The van der Waals surface area contributed by atoms with Gasteiger partial charge in [0.2, 0.25) is 0 Å². The number of unbranched alkanes of at least 4 members (excludes halogenated alkanes) is 1. The molecule has 4 rings (SSSR count). The minimum absolute atomic E-state index is 0.0373. The number of benzene rings is 2. The Morgan fingerprint density at radius 3 is 2.48 bits per heavy atom. The first-order valence-electron chi connectivity index (χ1n) is 11.0. The second-order valence-corrected chi connectivity index (χ2v) is 17.6. The van der Waals surface area contributed by atoms with Crippen molar-refractivity contribution in [2.45, 2.75) is 57.9 Å². The fraction of sp³-hybridized carbons (Fsp3) is 0.360. The van der Waals surface area contributed by atoms with Crippen LogP contribution in [0.4, 0.5) is 11.4 Å². The van der Waals surface area contributed by atoms with Gasteiger partial charge >= 0.3 is 6.00 Å². The van der Waals surface area contributed by atoms with Crippen LogP contribution in [0, 0.1) is 0 Å². The number of hydrogen-bond donors (Lipinski definition) is 0. The lowest BCUT2D eigenvalue weighted by atomic mass is 9.96. The zero-order valence-corrected chi connectivity index (χ0v) is 21.3. The molecule has 0 amide bonds. The molecule has 0 saturated carbocycles. The van der Waals surface area contributed by atoms with Crippen molar-refractivity contribution in [3.8, 4) is 11.5 Å². The van der Waals surface area contributed by atoms with Crippen LogP contribution in [0.1, 0.15) is 51.5 Å². The average Bonchev–Trinajstić information content (AvgIpc) is 2.75. The number of anilines is 2. The van der Waals surface area contributed by atoms with Gasteiger partial charge in [-0.15, -0.1) is 33.2 Å². The molecule has 2 aliphatic rings. The van der Waals surface area contributed by atoms with Gasteiger partial charge in [-0.25, -0.2) is 0 Å². The first-order chi connectivity index (χ1) is 14.9. The predicted molar refractivity (Wildman–Crippen MR) is 136 cm³/mol. The van der Waals surface area contributed by atoms with E-state index in [1.807, 2.05) is 19.1 Å². The van der Waals surface area contributed by atoms with Crippen LogP contribution in [0.5, 0.6) is 11.5 Å². The van der Waals surface area contributed by atoms with Crippen molar-refractivity contribution in [1.82, 2.24) is 0 Å². The van der Waals surface area contributed by atoms with Crippen LogP contribution in [-0.4, -0.2) is 6.00 Å². The number of ether oxygens (including phenoxy) is 1. The number of allylic oxidation sites excluding steroid dienone is 4. The first kappa shape index (κ1) is 22.8. The zero-order valence-electron chi connectivity index (χ0n) is 18.0. The van der Waals surface area contributed by atoms with Gasteiger partial charge in [0.15, 0.2) is 11.5 Å². The summed E-state index contributed by atoms with van der Waals surface area (Å²) >= 11 is 18.7. The third-order valence-electron chi connectivity index (χ3n) is 6.04. The molecule has 2 aromatic rings. The molecule has 2 nitrogen and oxygen atoms in total. The Hall–Kier alpha value is -1.39. The first-order valence-corrected chi connectivity index (χ1v) is 16.1. The molecule has 1 unspecified atom stereocenters. The van der Waals surface area contributed by atoms with Crippen molar-refractivity contribution in [2.24, 2.45) is 0 Å². The van der Waals surface area contributed by atoms with Gasteiger partial charge < -0.3 is 9.64 Å². The van der Waals surface area contributed by atoms with Crippen molar-refractivity contribution < 1.29 is 4.74 Å². The molecule has 0 bridgehead atoms. The van der Waals surface area contributed by atoms with Crippen LogP contribution in [-0.2, 0) is 6.42 Å². The number of halogens is 3. The molecule has 0 radical (unpaired) electrons. The SMILES string of the molecule is CCCCC1=CC=C(N2c3ccccc3Oc3cc(CC(C)[Si](Cl)(Cl)Cl)ccc32)CC1. The lowest BCUT2D eigenvalue weighted by Crippen LogP contribution is -2.22. The number of nitrogens with zero attached hydrogens (tertiary/aromatic N) is 1. The van der Waals surface area contributed by atoms with Crippen molar-refractivity contribution in [3.05, 3.63) is 71.5 Å². The maximum atomic E-state index is 6.31. The van der Waals surface area contributed by atoms with Gasteiger partial charge in [0.05, 0.1) is 11.4 Å². The molecule has 31 heavy (non-hydrogen) atoms. The summed E-state index contributed by atoms with van der Waals surface area (Å²) in [5.41, 5.74) is 6.16. The summed E-state index contributed by atoms with van der Waals surface area (Å²) in [5, 5.41) is 0. The summed E-state index contributed by atoms with van der Waals surface area (Å²) in [7, 11) is 0. The van der Waals surface area contributed by atoms with E-state index in [0.29, 0.717) is 0 Å². The molecule has 0 spiro atoms. The molecule has 2 aromatic carbocycles. The van der Waals surface area contributed by atoms with Gasteiger partial charge in [-0.3, -0.25) is 0 Å². The van der Waals surface area contributed by atoms with Crippen LogP contribution >= 0.6 is 33.2 Å². The molecule has 0 aromatic heterocycles. The van der Waals surface area contributed by atoms with E-state index in [9.17, 15) is 0 Å². The molecule has 1 aliphatic carbocycles. The Kier molecular flexibility index (Phi) is 7.07. The highest BCUT2D eigenvalue weighted by molar-refractivity contribution is 7.65. The summed E-state index contributed by atoms with van der Waals surface area (Å²) in [6.45, 7) is 4.26. The van der Waals surface area contributed by atoms with Gasteiger partial charge in [-0.2, -0.15) is 0 Å². The molecule has 164 valence electrons. The van der Waals surface area contributed by atoms with Crippen molar-refractivity contribution in [2.75, 3.05) is 4.90 Å². The van der Waals surface area contributed by atoms with E-state index in [-0.39, 0.29) is 5.54 Å².